The van der Waals surface area contributed by atoms with Crippen LogP contribution < -0.4 is 21.7 Å². The fraction of sp³-hybridized carbons (Fsp3) is 0.455. The van der Waals surface area contributed by atoms with Crippen LogP contribution >= 0.6 is 0 Å². The van der Waals surface area contributed by atoms with E-state index in [9.17, 15) is 15.0 Å². The normalized spacial score (nSPS) is 22.5. The Kier molecular flexibility index (Phi) is 2.51. The van der Waals surface area contributed by atoms with E-state index >= 15 is 0 Å². The Morgan fingerprint density at radius 2 is 2.11 bits per heavy atom. The molecule has 2 heterocycles. The van der Waals surface area contributed by atoms with Gasteiger partial charge < -0.3 is 15.5 Å². The number of fused-ring (bicyclic) bond motifs is 1. The lowest BCUT2D eigenvalue weighted by molar-refractivity contribution is 0.143. The maximum absolute atomic E-state index is 11.8. The number of anilines is 1. The van der Waals surface area contributed by atoms with Crippen molar-refractivity contribution in [2.45, 2.75) is 6.42 Å². The largest absolute Gasteiger partial charge is 0.395 e. The summed E-state index contributed by atoms with van der Waals surface area (Å²) in [5.74, 6) is 0.699. The average molecular weight is 263 g/mol. The topological polar surface area (TPSA) is 123 Å². The van der Waals surface area contributed by atoms with Crippen LogP contribution in [0.25, 0.3) is 0 Å². The van der Waals surface area contributed by atoms with E-state index in [1.165, 1.54) is 0 Å². The smallest absolute Gasteiger partial charge is 0.280 e. The van der Waals surface area contributed by atoms with E-state index in [4.69, 9.17) is 0 Å². The molecule has 4 N–H and O–H groups in total. The Balaban J connectivity index is 2.15. The zero-order valence-electron chi connectivity index (χ0n) is 10.3. The molecular formula is C11H13N5O3. The molecule has 8 nitrogen and oxygen atoms in total. The van der Waals surface area contributed by atoms with Gasteiger partial charge in [0.05, 0.1) is 13.2 Å². The van der Waals surface area contributed by atoms with Crippen molar-refractivity contribution in [1.82, 2.24) is 9.97 Å². The molecule has 1 aliphatic heterocycles. The van der Waals surface area contributed by atoms with Crippen molar-refractivity contribution < 1.29 is 10.2 Å². The summed E-state index contributed by atoms with van der Waals surface area (Å²) in [4.78, 5) is 26.7. The van der Waals surface area contributed by atoms with E-state index < -0.39 is 5.41 Å². The second-order valence-corrected chi connectivity index (χ2v) is 4.64. The van der Waals surface area contributed by atoms with E-state index in [1.54, 1.807) is 7.05 Å². The van der Waals surface area contributed by atoms with Crippen LogP contribution in [0.5, 0.6) is 0 Å². The van der Waals surface area contributed by atoms with Crippen LogP contribution in [0.2, 0.25) is 0 Å². The Labute approximate surface area is 107 Å². The molecule has 1 fully saturated rings. The molecule has 3 rings (SSSR count). The van der Waals surface area contributed by atoms with Gasteiger partial charge in [-0.3, -0.25) is 9.78 Å². The Bertz CT molecular complexity index is 745. The highest BCUT2D eigenvalue weighted by molar-refractivity contribution is 5.38. The number of H-pyrrole nitrogens is 1. The number of aromatic amines is 1. The zero-order chi connectivity index (χ0) is 13.6. The van der Waals surface area contributed by atoms with Gasteiger partial charge in [0.15, 0.2) is 16.7 Å². The van der Waals surface area contributed by atoms with Crippen molar-refractivity contribution in [3.05, 3.63) is 32.6 Å². The van der Waals surface area contributed by atoms with Gasteiger partial charge in [-0.25, -0.2) is 9.98 Å². The second-order valence-electron chi connectivity index (χ2n) is 4.64. The molecule has 0 saturated heterocycles. The van der Waals surface area contributed by atoms with Gasteiger partial charge in [-0.1, -0.05) is 0 Å². The summed E-state index contributed by atoms with van der Waals surface area (Å²) in [6.45, 7) is -0.315. The molecule has 1 saturated carbocycles. The van der Waals surface area contributed by atoms with Crippen LogP contribution in [0.15, 0.2) is 26.2 Å². The van der Waals surface area contributed by atoms with E-state index in [1.807, 2.05) is 0 Å². The summed E-state index contributed by atoms with van der Waals surface area (Å²) in [7, 11) is 1.64. The first kappa shape index (κ1) is 12.0. The molecule has 2 aliphatic rings. The van der Waals surface area contributed by atoms with Gasteiger partial charge in [-0.2, -0.15) is 4.98 Å². The molecule has 0 atom stereocenters. The standard InChI is InChI=1S/C11H13N5O3/c1-12-10-15-8-6(9(19)16-10)13-7(14-8)5-2-11(5,3-17)4-18/h17-18H,2-4H2,1H3,(H2,12,14,15,16,19). The number of nitrogens with one attached hydrogen (secondary N) is 2. The van der Waals surface area contributed by atoms with Crippen molar-refractivity contribution in [1.29, 1.82) is 0 Å². The maximum atomic E-state index is 11.8. The molecule has 0 bridgehead atoms. The lowest BCUT2D eigenvalue weighted by Gasteiger charge is -2.04. The predicted octanol–water partition coefficient (Wildman–Crippen LogP) is -2.35. The molecule has 0 aromatic carbocycles. The van der Waals surface area contributed by atoms with Gasteiger partial charge in [-0.15, -0.1) is 0 Å². The molecule has 1 aromatic heterocycles. The molecule has 0 radical (unpaired) electrons. The van der Waals surface area contributed by atoms with Gasteiger partial charge >= 0.3 is 0 Å². The van der Waals surface area contributed by atoms with E-state index in [2.05, 4.69) is 25.3 Å². The number of hydrogen-bond donors (Lipinski definition) is 4. The Hall–Kier alpha value is -2.06. The number of aliphatic hydroxyl groups is 2. The van der Waals surface area contributed by atoms with Gasteiger partial charge in [0.2, 0.25) is 5.95 Å². The quantitative estimate of drug-likeness (QED) is 0.486. The predicted molar refractivity (Wildman–Crippen MR) is 65.0 cm³/mol. The highest BCUT2D eigenvalue weighted by Gasteiger charge is 2.50. The van der Waals surface area contributed by atoms with Crippen molar-refractivity contribution in [2.75, 3.05) is 25.6 Å². The first-order valence-corrected chi connectivity index (χ1v) is 5.84. The first-order valence-electron chi connectivity index (χ1n) is 5.84. The molecule has 8 heteroatoms. The molecule has 100 valence electrons. The van der Waals surface area contributed by atoms with Gasteiger partial charge in [-0.05, 0) is 12.0 Å². The van der Waals surface area contributed by atoms with Gasteiger partial charge in [0.1, 0.15) is 0 Å². The average Bonchev–Trinajstić information content (AvgIpc) is 3.01. The van der Waals surface area contributed by atoms with Crippen LogP contribution in [0.3, 0.4) is 0 Å². The molecular weight excluding hydrogens is 250 g/mol. The monoisotopic (exact) mass is 263 g/mol. The summed E-state index contributed by atoms with van der Waals surface area (Å²) in [6, 6.07) is 0. The molecule has 0 amide bonds. The van der Waals surface area contributed by atoms with Crippen LogP contribution in [0, 0.1) is 5.41 Å². The van der Waals surface area contributed by atoms with Crippen molar-refractivity contribution in [3.63, 3.8) is 0 Å². The van der Waals surface area contributed by atoms with Gasteiger partial charge in [0, 0.05) is 12.5 Å². The maximum Gasteiger partial charge on any atom is 0.280 e. The summed E-state index contributed by atoms with van der Waals surface area (Å²) in [5.41, 5.74) is 0.0179. The van der Waals surface area contributed by atoms with E-state index in [0.717, 1.165) is 5.57 Å². The van der Waals surface area contributed by atoms with Gasteiger partial charge in [0.25, 0.3) is 5.56 Å². The van der Waals surface area contributed by atoms with Crippen molar-refractivity contribution >= 4 is 5.95 Å². The lowest BCUT2D eigenvalue weighted by Crippen LogP contribution is -2.41. The summed E-state index contributed by atoms with van der Waals surface area (Å²) >= 11 is 0. The molecule has 0 unspecified atom stereocenters. The molecule has 19 heavy (non-hydrogen) atoms. The first-order chi connectivity index (χ1) is 9.13. The highest BCUT2D eigenvalue weighted by Crippen LogP contribution is 2.53. The number of nitrogens with zero attached hydrogens (tertiary/aromatic N) is 3. The molecule has 1 aromatic rings. The SMILES string of the molecule is CNc1nc2c(c(=O)[nH]1)=NC(=C1CC1(CO)CO)N=2. The summed E-state index contributed by atoms with van der Waals surface area (Å²) < 4.78 is 0. The van der Waals surface area contributed by atoms with E-state index in [0.29, 0.717) is 18.2 Å². The molecule has 1 aliphatic carbocycles. The third kappa shape index (κ3) is 1.68. The minimum absolute atomic E-state index is 0.157. The van der Waals surface area contributed by atoms with Crippen molar-refractivity contribution in [3.8, 4) is 0 Å². The number of aliphatic hydroxyl groups excluding tert-OH is 2. The highest BCUT2D eigenvalue weighted by atomic mass is 16.3. The summed E-state index contributed by atoms with van der Waals surface area (Å²) in [6.07, 6.45) is 0.535. The van der Waals surface area contributed by atoms with E-state index in [-0.39, 0.29) is 29.6 Å². The molecule has 0 spiro atoms. The fourth-order valence-electron chi connectivity index (χ4n) is 2.08. The lowest BCUT2D eigenvalue weighted by atomic mass is 10.1. The van der Waals surface area contributed by atoms with Crippen molar-refractivity contribution in [2.24, 2.45) is 15.4 Å². The Morgan fingerprint density at radius 3 is 2.68 bits per heavy atom. The summed E-state index contributed by atoms with van der Waals surface area (Å²) in [5, 5.41) is 21.4. The number of hydrogen-bond acceptors (Lipinski definition) is 7. The van der Waals surface area contributed by atoms with Crippen LogP contribution in [-0.4, -0.2) is 40.4 Å². The number of aromatic nitrogens is 2. The zero-order valence-corrected chi connectivity index (χ0v) is 10.3. The number of rotatable bonds is 3. The minimum Gasteiger partial charge on any atom is -0.395 e. The van der Waals surface area contributed by atoms with Crippen LogP contribution in [0.4, 0.5) is 5.95 Å². The Morgan fingerprint density at radius 1 is 1.37 bits per heavy atom. The van der Waals surface area contributed by atoms with Crippen LogP contribution in [-0.2, 0) is 0 Å². The fourth-order valence-corrected chi connectivity index (χ4v) is 2.08. The second kappa shape index (κ2) is 3.97. The third-order valence-corrected chi connectivity index (χ3v) is 3.45. The van der Waals surface area contributed by atoms with Crippen LogP contribution in [0.1, 0.15) is 6.42 Å². The minimum atomic E-state index is -0.636. The third-order valence-electron chi connectivity index (χ3n) is 3.45.